The molecule has 2 aromatic carbocycles. The van der Waals surface area contributed by atoms with E-state index in [1.807, 2.05) is 18.2 Å². The molecule has 0 spiro atoms. The lowest BCUT2D eigenvalue weighted by atomic mass is 10.1. The highest BCUT2D eigenvalue weighted by Gasteiger charge is 2.08. The van der Waals surface area contributed by atoms with Gasteiger partial charge in [0.1, 0.15) is 0 Å². The van der Waals surface area contributed by atoms with E-state index in [0.717, 1.165) is 43.0 Å². The van der Waals surface area contributed by atoms with E-state index in [9.17, 15) is 4.79 Å². The third-order valence-corrected chi connectivity index (χ3v) is 5.29. The molecule has 0 bridgehead atoms. The Bertz CT molecular complexity index is 1060. The number of H-pyrrole nitrogens is 1. The number of hydrogen-bond acceptors (Lipinski definition) is 2. The predicted molar refractivity (Wildman–Crippen MR) is 144 cm³/mol. The molecule has 0 saturated heterocycles. The van der Waals surface area contributed by atoms with E-state index in [1.54, 1.807) is 19.0 Å². The molecule has 0 aliphatic carbocycles. The van der Waals surface area contributed by atoms with Crippen LogP contribution in [0.5, 0.6) is 0 Å². The first-order valence-corrected chi connectivity index (χ1v) is 10.9. The molecule has 32 heavy (non-hydrogen) atoms. The minimum atomic E-state index is 0. The van der Waals surface area contributed by atoms with Gasteiger partial charge in [0.15, 0.2) is 5.96 Å². The topological polar surface area (TPSA) is 72.5 Å². The van der Waals surface area contributed by atoms with Crippen LogP contribution in [0.15, 0.2) is 53.7 Å². The second-order valence-corrected chi connectivity index (χ2v) is 7.90. The van der Waals surface area contributed by atoms with Gasteiger partial charge in [-0.25, -0.2) is 0 Å². The van der Waals surface area contributed by atoms with Gasteiger partial charge in [0, 0.05) is 56.4 Å². The molecule has 0 aliphatic rings. The van der Waals surface area contributed by atoms with Crippen LogP contribution in [0.3, 0.4) is 0 Å². The van der Waals surface area contributed by atoms with Crippen molar-refractivity contribution in [3.8, 4) is 0 Å². The maximum Gasteiger partial charge on any atom is 0.253 e. The number of nitrogens with zero attached hydrogens (tertiary/aromatic N) is 2. The second kappa shape index (κ2) is 12.5. The number of rotatable bonds is 8. The average Bonchev–Trinajstić information content (AvgIpc) is 3.18. The van der Waals surface area contributed by atoms with Crippen LogP contribution in [0.2, 0.25) is 0 Å². The number of aromatic amines is 1. The van der Waals surface area contributed by atoms with Gasteiger partial charge < -0.3 is 20.5 Å². The van der Waals surface area contributed by atoms with Crippen molar-refractivity contribution in [2.45, 2.75) is 26.7 Å². The fourth-order valence-corrected chi connectivity index (χ4v) is 3.64. The summed E-state index contributed by atoms with van der Waals surface area (Å²) in [6.07, 6.45) is 3.80. The molecule has 3 rings (SSSR count). The van der Waals surface area contributed by atoms with Gasteiger partial charge in [-0.3, -0.25) is 9.79 Å². The highest BCUT2D eigenvalue weighted by molar-refractivity contribution is 14.0. The smallest absolute Gasteiger partial charge is 0.253 e. The summed E-state index contributed by atoms with van der Waals surface area (Å²) in [5.74, 6) is 0.844. The minimum absolute atomic E-state index is 0. The number of aliphatic imine (C=N–C) groups is 1. The highest BCUT2D eigenvalue weighted by Crippen LogP contribution is 2.21. The SMILES string of the molecule is CCNC(=NCCc1c[nH]c2c(C)cccc12)NCCc1cccc(C(=O)N(C)C)c1.I. The van der Waals surface area contributed by atoms with Crippen molar-refractivity contribution in [1.29, 1.82) is 0 Å². The van der Waals surface area contributed by atoms with Crippen LogP contribution >= 0.6 is 24.0 Å². The number of amides is 1. The Morgan fingerprint density at radius 1 is 1.09 bits per heavy atom. The number of benzene rings is 2. The van der Waals surface area contributed by atoms with E-state index in [1.165, 1.54) is 22.0 Å². The van der Waals surface area contributed by atoms with Gasteiger partial charge in [-0.1, -0.05) is 30.3 Å². The third kappa shape index (κ3) is 6.72. The lowest BCUT2D eigenvalue weighted by Crippen LogP contribution is -2.38. The number of para-hydroxylation sites is 1. The van der Waals surface area contributed by atoms with Crippen molar-refractivity contribution in [1.82, 2.24) is 20.5 Å². The van der Waals surface area contributed by atoms with Crippen molar-refractivity contribution in [2.75, 3.05) is 33.7 Å². The van der Waals surface area contributed by atoms with Crippen LogP contribution in [0, 0.1) is 6.92 Å². The van der Waals surface area contributed by atoms with Gasteiger partial charge in [0.2, 0.25) is 0 Å². The van der Waals surface area contributed by atoms with Gasteiger partial charge in [-0.05, 0) is 55.5 Å². The molecule has 7 heteroatoms. The van der Waals surface area contributed by atoms with E-state index in [4.69, 9.17) is 4.99 Å². The second-order valence-electron chi connectivity index (χ2n) is 7.90. The lowest BCUT2D eigenvalue weighted by Gasteiger charge is -2.13. The third-order valence-electron chi connectivity index (χ3n) is 5.29. The monoisotopic (exact) mass is 547 g/mol. The maximum absolute atomic E-state index is 12.2. The van der Waals surface area contributed by atoms with Crippen molar-refractivity contribution in [2.24, 2.45) is 4.99 Å². The Balaban J connectivity index is 0.00000363. The molecule has 0 aliphatic heterocycles. The van der Waals surface area contributed by atoms with Crippen LogP contribution in [0.25, 0.3) is 10.9 Å². The Morgan fingerprint density at radius 2 is 1.88 bits per heavy atom. The molecular formula is C25H34IN5O. The van der Waals surface area contributed by atoms with Crippen molar-refractivity contribution >= 4 is 46.7 Å². The molecule has 0 saturated carbocycles. The Hall–Kier alpha value is -2.55. The number of carbonyl (C=O) groups excluding carboxylic acids is 1. The van der Waals surface area contributed by atoms with Crippen molar-refractivity contribution < 1.29 is 4.79 Å². The van der Waals surface area contributed by atoms with Crippen LogP contribution in [0.4, 0.5) is 0 Å². The molecule has 0 radical (unpaired) electrons. The lowest BCUT2D eigenvalue weighted by molar-refractivity contribution is 0.0827. The van der Waals surface area contributed by atoms with Gasteiger partial charge in [0.05, 0.1) is 0 Å². The fraction of sp³-hybridized carbons (Fsp3) is 0.360. The Kier molecular flexibility index (Phi) is 10.0. The summed E-state index contributed by atoms with van der Waals surface area (Å²) in [6.45, 7) is 6.46. The number of carbonyl (C=O) groups is 1. The first kappa shape index (κ1) is 25.7. The molecule has 1 amide bonds. The summed E-state index contributed by atoms with van der Waals surface area (Å²) in [5, 5.41) is 7.99. The highest BCUT2D eigenvalue weighted by atomic mass is 127. The number of hydrogen-bond donors (Lipinski definition) is 3. The van der Waals surface area contributed by atoms with Gasteiger partial charge in [0.25, 0.3) is 5.91 Å². The molecule has 0 atom stereocenters. The van der Waals surface area contributed by atoms with E-state index in [0.29, 0.717) is 6.54 Å². The normalized spacial score (nSPS) is 11.2. The predicted octanol–water partition coefficient (Wildman–Crippen LogP) is 4.14. The number of fused-ring (bicyclic) bond motifs is 1. The van der Waals surface area contributed by atoms with Gasteiger partial charge >= 0.3 is 0 Å². The van der Waals surface area contributed by atoms with Crippen LogP contribution in [-0.2, 0) is 12.8 Å². The zero-order chi connectivity index (χ0) is 22.2. The fourth-order valence-electron chi connectivity index (χ4n) is 3.64. The first-order chi connectivity index (χ1) is 15.0. The molecular weight excluding hydrogens is 513 g/mol. The molecule has 6 nitrogen and oxygen atoms in total. The summed E-state index contributed by atoms with van der Waals surface area (Å²) >= 11 is 0. The summed E-state index contributed by atoms with van der Waals surface area (Å²) < 4.78 is 0. The van der Waals surface area contributed by atoms with Crippen molar-refractivity contribution in [3.05, 3.63) is 70.9 Å². The van der Waals surface area contributed by atoms with Crippen molar-refractivity contribution in [3.63, 3.8) is 0 Å². The van der Waals surface area contributed by atoms with Gasteiger partial charge in [-0.2, -0.15) is 0 Å². The number of guanidine groups is 1. The summed E-state index contributed by atoms with van der Waals surface area (Å²) in [7, 11) is 3.54. The zero-order valence-electron chi connectivity index (χ0n) is 19.4. The quantitative estimate of drug-likeness (QED) is 0.226. The number of aryl methyl sites for hydroxylation is 1. The Labute approximate surface area is 207 Å². The van der Waals surface area contributed by atoms with Gasteiger partial charge in [-0.15, -0.1) is 24.0 Å². The maximum atomic E-state index is 12.2. The van der Waals surface area contributed by atoms with Crippen LogP contribution < -0.4 is 10.6 Å². The number of aromatic nitrogens is 1. The van der Waals surface area contributed by atoms with Crippen LogP contribution in [-0.4, -0.2) is 55.5 Å². The van der Waals surface area contributed by atoms with E-state index >= 15 is 0 Å². The van der Waals surface area contributed by atoms with Crippen LogP contribution in [0.1, 0.15) is 34.0 Å². The molecule has 1 aromatic heterocycles. The van der Waals surface area contributed by atoms with E-state index < -0.39 is 0 Å². The molecule has 0 unspecified atom stereocenters. The first-order valence-electron chi connectivity index (χ1n) is 10.9. The molecule has 3 N–H and O–H groups in total. The number of halogens is 1. The standard InChI is InChI=1S/C25H33N5O.HI/c1-5-26-25(27-14-12-19-9-7-10-20(16-19)24(31)30(3)4)28-15-13-21-17-29-23-18(2)8-6-11-22(21)23;/h6-11,16-17,29H,5,12-15H2,1-4H3,(H2,26,27,28);1H. The molecule has 0 fully saturated rings. The number of nitrogens with one attached hydrogen (secondary N) is 3. The van der Waals surface area contributed by atoms with E-state index in [2.05, 4.69) is 59.9 Å². The summed E-state index contributed by atoms with van der Waals surface area (Å²) in [6, 6.07) is 14.2. The summed E-state index contributed by atoms with van der Waals surface area (Å²) in [4.78, 5) is 21.9. The van der Waals surface area contributed by atoms with E-state index in [-0.39, 0.29) is 29.9 Å². The molecule has 172 valence electrons. The summed E-state index contributed by atoms with van der Waals surface area (Å²) in [5.41, 5.74) is 5.61. The zero-order valence-corrected chi connectivity index (χ0v) is 21.7. The molecule has 3 aromatic rings. The molecule has 1 heterocycles. The average molecular weight is 547 g/mol. The Morgan fingerprint density at radius 3 is 2.62 bits per heavy atom. The minimum Gasteiger partial charge on any atom is -0.361 e. The largest absolute Gasteiger partial charge is 0.361 e.